The Kier molecular flexibility index (Phi) is 7.79. The van der Waals surface area contributed by atoms with Gasteiger partial charge in [-0.3, -0.25) is 0 Å². The molecule has 0 atom stereocenters. The van der Waals surface area contributed by atoms with Crippen LogP contribution < -0.4 is 14.8 Å². The molecule has 0 saturated carbocycles. The molecule has 0 saturated heterocycles. The number of methoxy groups -OCH3 is 1. The SMILES string of the molecule is COc1cc(CNc2cc(C(=O)O)ccc2Cl)cc(Cl)c1OCc1ccc(Cl)cc1Cl. The summed E-state index contributed by atoms with van der Waals surface area (Å²) >= 11 is 24.7. The lowest BCUT2D eigenvalue weighted by atomic mass is 10.1. The van der Waals surface area contributed by atoms with Crippen molar-refractivity contribution < 1.29 is 19.4 Å². The third-order valence-electron chi connectivity index (χ3n) is 4.37. The van der Waals surface area contributed by atoms with Crippen LogP contribution in [0.2, 0.25) is 20.1 Å². The van der Waals surface area contributed by atoms with E-state index in [1.54, 1.807) is 30.3 Å². The first-order valence-electron chi connectivity index (χ1n) is 8.98. The maximum absolute atomic E-state index is 11.2. The first kappa shape index (κ1) is 23.4. The molecule has 31 heavy (non-hydrogen) atoms. The number of carboxylic acids is 1. The second kappa shape index (κ2) is 10.3. The average molecular weight is 501 g/mol. The smallest absolute Gasteiger partial charge is 0.335 e. The van der Waals surface area contributed by atoms with Crippen molar-refractivity contribution in [3.05, 3.63) is 85.3 Å². The molecule has 5 nitrogen and oxygen atoms in total. The lowest BCUT2D eigenvalue weighted by Gasteiger charge is -2.16. The van der Waals surface area contributed by atoms with Gasteiger partial charge in [-0.05, 0) is 48.0 Å². The van der Waals surface area contributed by atoms with Crippen molar-refractivity contribution in [3.63, 3.8) is 0 Å². The number of carboxylic acid groups (broad SMARTS) is 1. The summed E-state index contributed by atoms with van der Waals surface area (Å²) in [6.45, 7) is 0.517. The van der Waals surface area contributed by atoms with E-state index in [9.17, 15) is 4.79 Å². The predicted molar refractivity (Wildman–Crippen MR) is 125 cm³/mol. The molecule has 0 spiro atoms. The summed E-state index contributed by atoms with van der Waals surface area (Å²) in [5.41, 5.74) is 2.17. The van der Waals surface area contributed by atoms with Crippen LogP contribution in [0.1, 0.15) is 21.5 Å². The highest BCUT2D eigenvalue weighted by Crippen LogP contribution is 2.38. The fourth-order valence-electron chi connectivity index (χ4n) is 2.80. The molecule has 2 N–H and O–H groups in total. The number of ether oxygens (including phenoxy) is 2. The highest BCUT2D eigenvalue weighted by atomic mass is 35.5. The van der Waals surface area contributed by atoms with E-state index in [1.807, 2.05) is 0 Å². The van der Waals surface area contributed by atoms with Gasteiger partial charge in [0.15, 0.2) is 11.5 Å². The van der Waals surface area contributed by atoms with E-state index in [4.69, 9.17) is 61.0 Å². The molecule has 0 aliphatic heterocycles. The van der Waals surface area contributed by atoms with Gasteiger partial charge in [0.05, 0.1) is 28.4 Å². The predicted octanol–water partition coefficient (Wildman–Crippen LogP) is 7.20. The Hall–Kier alpha value is -2.31. The summed E-state index contributed by atoms with van der Waals surface area (Å²) in [6, 6.07) is 13.1. The third-order valence-corrected chi connectivity index (χ3v) is 5.57. The molecule has 0 aliphatic carbocycles. The van der Waals surface area contributed by atoms with Gasteiger partial charge < -0.3 is 19.9 Å². The zero-order valence-corrected chi connectivity index (χ0v) is 19.2. The van der Waals surface area contributed by atoms with Gasteiger partial charge in [-0.1, -0.05) is 52.5 Å². The van der Waals surface area contributed by atoms with E-state index in [0.29, 0.717) is 43.8 Å². The second-order valence-corrected chi connectivity index (χ2v) is 8.14. The van der Waals surface area contributed by atoms with Crippen molar-refractivity contribution >= 4 is 58.1 Å². The molecular formula is C22H17Cl4NO4. The standard InChI is InChI=1S/C22H17Cl4NO4/c1-30-20-7-12(10-27-19-8-13(22(28)29)3-5-16(19)24)6-18(26)21(20)31-11-14-2-4-15(23)9-17(14)25/h2-9,27H,10-11H2,1H3,(H,28,29). The number of aromatic carboxylic acids is 1. The van der Waals surface area contributed by atoms with E-state index in [2.05, 4.69) is 5.32 Å². The van der Waals surface area contributed by atoms with Crippen LogP contribution in [-0.2, 0) is 13.2 Å². The monoisotopic (exact) mass is 499 g/mol. The summed E-state index contributed by atoms with van der Waals surface area (Å²) in [5.74, 6) is -0.212. The average Bonchev–Trinajstić information content (AvgIpc) is 2.73. The fraction of sp³-hybridized carbons (Fsp3) is 0.136. The topological polar surface area (TPSA) is 67.8 Å². The van der Waals surface area contributed by atoms with Gasteiger partial charge in [0.1, 0.15) is 6.61 Å². The number of anilines is 1. The second-order valence-electron chi connectivity index (χ2n) is 6.49. The van der Waals surface area contributed by atoms with Crippen LogP contribution in [0.4, 0.5) is 5.69 Å². The number of benzene rings is 3. The Morgan fingerprint density at radius 3 is 2.42 bits per heavy atom. The highest BCUT2D eigenvalue weighted by Gasteiger charge is 2.14. The number of hydrogen-bond acceptors (Lipinski definition) is 4. The minimum Gasteiger partial charge on any atom is -0.493 e. The Morgan fingerprint density at radius 2 is 1.74 bits per heavy atom. The minimum absolute atomic E-state index is 0.132. The Bertz CT molecular complexity index is 1120. The number of hydrogen-bond donors (Lipinski definition) is 2. The largest absolute Gasteiger partial charge is 0.493 e. The lowest BCUT2D eigenvalue weighted by molar-refractivity contribution is 0.0697. The molecule has 0 aliphatic rings. The van der Waals surface area contributed by atoms with Crippen LogP contribution in [0.15, 0.2) is 48.5 Å². The molecule has 9 heteroatoms. The van der Waals surface area contributed by atoms with Crippen LogP contribution in [0, 0.1) is 0 Å². The molecule has 0 radical (unpaired) electrons. The maximum Gasteiger partial charge on any atom is 0.335 e. The van der Waals surface area contributed by atoms with E-state index in [-0.39, 0.29) is 12.2 Å². The van der Waals surface area contributed by atoms with Crippen LogP contribution in [-0.4, -0.2) is 18.2 Å². The van der Waals surface area contributed by atoms with E-state index < -0.39 is 5.97 Å². The molecular weight excluding hydrogens is 484 g/mol. The molecule has 0 heterocycles. The molecule has 0 amide bonds. The van der Waals surface area contributed by atoms with Crippen molar-refractivity contribution in [1.29, 1.82) is 0 Å². The van der Waals surface area contributed by atoms with E-state index >= 15 is 0 Å². The van der Waals surface area contributed by atoms with Gasteiger partial charge >= 0.3 is 5.97 Å². The molecule has 3 rings (SSSR count). The van der Waals surface area contributed by atoms with Crippen molar-refractivity contribution in [1.82, 2.24) is 0 Å². The Balaban J connectivity index is 1.76. The molecule has 0 unspecified atom stereocenters. The maximum atomic E-state index is 11.2. The van der Waals surface area contributed by atoms with Crippen LogP contribution in [0.3, 0.4) is 0 Å². The van der Waals surface area contributed by atoms with Crippen molar-refractivity contribution in [2.24, 2.45) is 0 Å². The lowest BCUT2D eigenvalue weighted by Crippen LogP contribution is -2.04. The summed E-state index contributed by atoms with van der Waals surface area (Å²) in [7, 11) is 1.51. The fourth-order valence-corrected chi connectivity index (χ4v) is 3.73. The van der Waals surface area contributed by atoms with E-state index in [0.717, 1.165) is 11.1 Å². The summed E-state index contributed by atoms with van der Waals surface area (Å²) in [6.07, 6.45) is 0. The first-order valence-corrected chi connectivity index (χ1v) is 10.5. The van der Waals surface area contributed by atoms with Gasteiger partial charge in [-0.2, -0.15) is 0 Å². The van der Waals surface area contributed by atoms with Crippen LogP contribution >= 0.6 is 46.4 Å². The molecule has 3 aromatic carbocycles. The van der Waals surface area contributed by atoms with E-state index in [1.165, 1.54) is 25.3 Å². The van der Waals surface area contributed by atoms with Gasteiger partial charge in [-0.25, -0.2) is 4.79 Å². The zero-order valence-electron chi connectivity index (χ0n) is 16.2. The van der Waals surface area contributed by atoms with Crippen molar-refractivity contribution in [2.75, 3.05) is 12.4 Å². The zero-order chi connectivity index (χ0) is 22.5. The Labute approximate surface area is 199 Å². The minimum atomic E-state index is -1.04. The van der Waals surface area contributed by atoms with Crippen molar-refractivity contribution in [3.8, 4) is 11.5 Å². The molecule has 3 aromatic rings. The molecule has 162 valence electrons. The van der Waals surface area contributed by atoms with Crippen LogP contribution in [0.25, 0.3) is 0 Å². The van der Waals surface area contributed by atoms with Crippen molar-refractivity contribution in [2.45, 2.75) is 13.2 Å². The number of rotatable bonds is 8. The van der Waals surface area contributed by atoms with Gasteiger partial charge in [0.2, 0.25) is 0 Å². The quantitative estimate of drug-likeness (QED) is 0.342. The first-order chi connectivity index (χ1) is 14.8. The van der Waals surface area contributed by atoms with Gasteiger partial charge in [-0.15, -0.1) is 0 Å². The summed E-state index contributed by atoms with van der Waals surface area (Å²) in [4.78, 5) is 11.2. The highest BCUT2D eigenvalue weighted by molar-refractivity contribution is 6.35. The number of nitrogens with one attached hydrogen (secondary N) is 1. The molecule has 0 aromatic heterocycles. The number of halogens is 4. The molecule has 0 bridgehead atoms. The Morgan fingerprint density at radius 1 is 0.968 bits per heavy atom. The summed E-state index contributed by atoms with van der Waals surface area (Å²) < 4.78 is 11.3. The normalized spacial score (nSPS) is 10.6. The summed E-state index contributed by atoms with van der Waals surface area (Å²) in [5, 5.41) is 14.0. The molecule has 0 fully saturated rings. The van der Waals surface area contributed by atoms with Crippen LogP contribution in [0.5, 0.6) is 11.5 Å². The number of carbonyl (C=O) groups is 1. The van der Waals surface area contributed by atoms with Gasteiger partial charge in [0.25, 0.3) is 0 Å². The van der Waals surface area contributed by atoms with Gasteiger partial charge in [0, 0.05) is 22.2 Å². The third kappa shape index (κ3) is 5.89.